The van der Waals surface area contributed by atoms with E-state index in [1.54, 1.807) is 7.11 Å². The molecule has 0 spiro atoms. The van der Waals surface area contributed by atoms with Crippen LogP contribution < -0.4 is 10.1 Å². The molecule has 5 heteroatoms. The number of amides is 1. The van der Waals surface area contributed by atoms with Crippen molar-refractivity contribution in [3.63, 3.8) is 0 Å². The van der Waals surface area contributed by atoms with Crippen molar-refractivity contribution in [1.82, 2.24) is 15.1 Å². The van der Waals surface area contributed by atoms with Crippen molar-refractivity contribution >= 4 is 5.91 Å². The lowest BCUT2D eigenvalue weighted by atomic mass is 10.1. The number of piperazine rings is 1. The molecule has 1 aliphatic rings. The van der Waals surface area contributed by atoms with E-state index in [1.165, 1.54) is 0 Å². The summed E-state index contributed by atoms with van der Waals surface area (Å²) in [6.07, 6.45) is 0. The highest BCUT2D eigenvalue weighted by Gasteiger charge is 2.26. The monoisotopic (exact) mass is 319 g/mol. The molecule has 0 saturated carbocycles. The normalized spacial score (nSPS) is 19.1. The maximum absolute atomic E-state index is 12.6. The minimum atomic E-state index is -0.105. The Bertz CT molecular complexity index is 513. The van der Waals surface area contributed by atoms with Crippen molar-refractivity contribution in [2.75, 3.05) is 39.8 Å². The van der Waals surface area contributed by atoms with Crippen molar-refractivity contribution in [3.8, 4) is 5.75 Å². The van der Waals surface area contributed by atoms with Crippen molar-refractivity contribution in [3.05, 3.63) is 29.8 Å². The topological polar surface area (TPSA) is 44.8 Å². The van der Waals surface area contributed by atoms with Gasteiger partial charge in [-0.15, -0.1) is 0 Å². The van der Waals surface area contributed by atoms with Crippen LogP contribution in [0.3, 0.4) is 0 Å². The number of para-hydroxylation sites is 1. The third-order valence-corrected chi connectivity index (χ3v) is 4.75. The first-order valence-electron chi connectivity index (χ1n) is 8.46. The van der Waals surface area contributed by atoms with Crippen LogP contribution in [-0.2, 0) is 4.79 Å². The zero-order valence-electron chi connectivity index (χ0n) is 14.7. The number of hydrogen-bond acceptors (Lipinski definition) is 4. The third-order valence-electron chi connectivity index (χ3n) is 4.75. The van der Waals surface area contributed by atoms with Gasteiger partial charge in [0.2, 0.25) is 5.91 Å². The molecule has 2 atom stereocenters. The lowest BCUT2D eigenvalue weighted by Gasteiger charge is -2.37. The van der Waals surface area contributed by atoms with Crippen molar-refractivity contribution in [1.29, 1.82) is 0 Å². The minimum absolute atomic E-state index is 0.0713. The summed E-state index contributed by atoms with van der Waals surface area (Å²) in [5.41, 5.74) is 1.01. The number of rotatable bonds is 6. The Labute approximate surface area is 139 Å². The Morgan fingerprint density at radius 1 is 1.22 bits per heavy atom. The number of nitrogens with one attached hydrogen (secondary N) is 1. The molecule has 2 rings (SSSR count). The highest BCUT2D eigenvalue weighted by Crippen LogP contribution is 2.24. The molecule has 1 aliphatic heterocycles. The predicted octanol–water partition coefficient (Wildman–Crippen LogP) is 1.90. The maximum atomic E-state index is 12.6. The van der Waals surface area contributed by atoms with Gasteiger partial charge in [-0.3, -0.25) is 9.69 Å². The number of carbonyl (C=O) groups excluding carboxylic acids is 1. The molecule has 1 heterocycles. The van der Waals surface area contributed by atoms with Crippen molar-refractivity contribution < 1.29 is 9.53 Å². The number of likely N-dealkylation sites (N-methyl/N-ethyl adjacent to an activating group) is 1. The molecule has 1 amide bonds. The number of hydrogen-bond donors (Lipinski definition) is 1. The fraction of sp³-hybridized carbons (Fsp3) is 0.611. The quantitative estimate of drug-likeness (QED) is 0.870. The zero-order chi connectivity index (χ0) is 16.8. The Kier molecular flexibility index (Phi) is 6.42. The van der Waals surface area contributed by atoms with Gasteiger partial charge in [0.05, 0.1) is 19.2 Å². The van der Waals surface area contributed by atoms with E-state index in [2.05, 4.69) is 22.0 Å². The molecule has 0 aliphatic carbocycles. The van der Waals surface area contributed by atoms with E-state index < -0.39 is 0 Å². The molecule has 23 heavy (non-hydrogen) atoms. The molecule has 1 saturated heterocycles. The van der Waals surface area contributed by atoms with E-state index in [1.807, 2.05) is 38.1 Å². The van der Waals surface area contributed by atoms with E-state index >= 15 is 0 Å². The highest BCUT2D eigenvalue weighted by atomic mass is 16.5. The van der Waals surface area contributed by atoms with Crippen molar-refractivity contribution in [2.24, 2.45) is 0 Å². The molecule has 1 aromatic carbocycles. The Morgan fingerprint density at radius 3 is 2.48 bits per heavy atom. The molecular weight excluding hydrogens is 290 g/mol. The predicted molar refractivity (Wildman–Crippen MR) is 92.7 cm³/mol. The second-order valence-corrected chi connectivity index (χ2v) is 6.12. The van der Waals surface area contributed by atoms with Crippen LogP contribution in [0.2, 0.25) is 0 Å². The van der Waals surface area contributed by atoms with Crippen LogP contribution in [0.15, 0.2) is 24.3 Å². The van der Waals surface area contributed by atoms with Crippen LogP contribution in [0.1, 0.15) is 32.4 Å². The molecule has 0 aromatic heterocycles. The molecule has 0 radical (unpaired) electrons. The summed E-state index contributed by atoms with van der Waals surface area (Å²) in [5.74, 6) is 0.887. The Morgan fingerprint density at radius 2 is 1.87 bits per heavy atom. The van der Waals surface area contributed by atoms with Crippen LogP contribution in [0.4, 0.5) is 0 Å². The summed E-state index contributed by atoms with van der Waals surface area (Å²) in [4.78, 5) is 17.2. The molecule has 1 N–H and O–H groups in total. The number of nitrogens with zero attached hydrogens (tertiary/aromatic N) is 2. The van der Waals surface area contributed by atoms with Gasteiger partial charge in [-0.2, -0.15) is 0 Å². The van der Waals surface area contributed by atoms with Gasteiger partial charge >= 0.3 is 0 Å². The summed E-state index contributed by atoms with van der Waals surface area (Å²) in [6, 6.07) is 7.64. The molecule has 128 valence electrons. The minimum Gasteiger partial charge on any atom is -0.496 e. The number of benzene rings is 1. The average Bonchev–Trinajstić information content (AvgIpc) is 2.60. The van der Waals surface area contributed by atoms with Gasteiger partial charge in [-0.05, 0) is 26.5 Å². The highest BCUT2D eigenvalue weighted by molar-refractivity contribution is 5.81. The van der Waals surface area contributed by atoms with Crippen LogP contribution >= 0.6 is 0 Å². The smallest absolute Gasteiger partial charge is 0.237 e. The summed E-state index contributed by atoms with van der Waals surface area (Å²) in [7, 11) is 1.66. The standard InChI is InChI=1S/C18H29N3O2/c1-5-20-10-12-21(13-11-20)15(3)18(22)19-14(2)16-8-6-7-9-17(16)23-4/h6-9,14-15H,5,10-13H2,1-4H3,(H,19,22). The second-order valence-electron chi connectivity index (χ2n) is 6.12. The third kappa shape index (κ3) is 4.45. The maximum Gasteiger partial charge on any atom is 0.237 e. The van der Waals surface area contributed by atoms with Gasteiger partial charge < -0.3 is 15.0 Å². The fourth-order valence-electron chi connectivity index (χ4n) is 3.07. The molecule has 1 aromatic rings. The van der Waals surface area contributed by atoms with E-state index in [4.69, 9.17) is 4.74 Å². The Hall–Kier alpha value is -1.59. The zero-order valence-corrected chi connectivity index (χ0v) is 14.7. The first kappa shape index (κ1) is 17.8. The first-order valence-corrected chi connectivity index (χ1v) is 8.46. The number of carbonyl (C=O) groups is 1. The number of methoxy groups -OCH3 is 1. The summed E-state index contributed by atoms with van der Waals surface area (Å²) in [6.45, 7) is 11.2. The summed E-state index contributed by atoms with van der Waals surface area (Å²) < 4.78 is 5.38. The second kappa shape index (κ2) is 8.31. The van der Waals surface area contributed by atoms with E-state index in [0.717, 1.165) is 44.0 Å². The van der Waals surface area contributed by atoms with Gasteiger partial charge in [-0.25, -0.2) is 0 Å². The first-order chi connectivity index (χ1) is 11.1. The Balaban J connectivity index is 1.93. The summed E-state index contributed by atoms with van der Waals surface area (Å²) >= 11 is 0. The van der Waals surface area contributed by atoms with Gasteiger partial charge in [0.25, 0.3) is 0 Å². The molecule has 0 bridgehead atoms. The molecular formula is C18H29N3O2. The average molecular weight is 319 g/mol. The van der Waals surface area contributed by atoms with Gasteiger partial charge in [0.15, 0.2) is 0 Å². The molecule has 2 unspecified atom stereocenters. The van der Waals surface area contributed by atoms with Gasteiger partial charge in [-0.1, -0.05) is 25.1 Å². The summed E-state index contributed by atoms with van der Waals surface area (Å²) in [5, 5.41) is 3.12. The lowest BCUT2D eigenvalue weighted by molar-refractivity contribution is -0.127. The molecule has 5 nitrogen and oxygen atoms in total. The van der Waals surface area contributed by atoms with Crippen molar-refractivity contribution in [2.45, 2.75) is 32.9 Å². The van der Waals surface area contributed by atoms with Gasteiger partial charge in [0.1, 0.15) is 5.75 Å². The van der Waals surface area contributed by atoms with E-state index in [0.29, 0.717) is 0 Å². The van der Waals surface area contributed by atoms with E-state index in [9.17, 15) is 4.79 Å². The SMILES string of the molecule is CCN1CCN(C(C)C(=O)NC(C)c2ccccc2OC)CC1. The van der Waals surface area contributed by atoms with Gasteiger partial charge in [0, 0.05) is 31.7 Å². The van der Waals surface area contributed by atoms with Crippen LogP contribution in [0.25, 0.3) is 0 Å². The largest absolute Gasteiger partial charge is 0.496 e. The number of ether oxygens (including phenoxy) is 1. The lowest BCUT2D eigenvalue weighted by Crippen LogP contribution is -2.53. The fourth-order valence-corrected chi connectivity index (χ4v) is 3.07. The van der Waals surface area contributed by atoms with Crippen LogP contribution in [-0.4, -0.2) is 61.6 Å². The van der Waals surface area contributed by atoms with Crippen LogP contribution in [0, 0.1) is 0 Å². The van der Waals surface area contributed by atoms with E-state index in [-0.39, 0.29) is 18.0 Å². The molecule has 1 fully saturated rings. The van der Waals surface area contributed by atoms with Crippen LogP contribution in [0.5, 0.6) is 5.75 Å².